The van der Waals surface area contributed by atoms with E-state index >= 15 is 0 Å². The van der Waals surface area contributed by atoms with Crippen molar-refractivity contribution in [1.82, 2.24) is 0 Å². The van der Waals surface area contributed by atoms with Crippen LogP contribution in [0.3, 0.4) is 0 Å². The topological polar surface area (TPSA) is 77.8 Å². The summed E-state index contributed by atoms with van der Waals surface area (Å²) in [5.74, 6) is 0.224. The third-order valence-corrected chi connectivity index (χ3v) is 8.25. The molecule has 0 aromatic carbocycles. The van der Waals surface area contributed by atoms with Gasteiger partial charge in [-0.25, -0.2) is 0 Å². The maximum absolute atomic E-state index is 10.6. The highest BCUT2D eigenvalue weighted by Crippen LogP contribution is 2.42. The van der Waals surface area contributed by atoms with Crippen LogP contribution in [0.4, 0.5) is 0 Å². The lowest BCUT2D eigenvalue weighted by Gasteiger charge is -2.21. The molecule has 1 aliphatic carbocycles. The van der Waals surface area contributed by atoms with E-state index in [1.165, 1.54) is 0 Å². The number of rotatable bonds is 12. The van der Waals surface area contributed by atoms with Crippen molar-refractivity contribution in [3.8, 4) is 0 Å². The van der Waals surface area contributed by atoms with Crippen molar-refractivity contribution in [3.63, 3.8) is 0 Å². The number of unbranched alkanes of at least 4 members (excludes halogenated alkanes) is 1. The Morgan fingerprint density at radius 3 is 2.90 bits per heavy atom. The number of carboxylic acids is 1. The van der Waals surface area contributed by atoms with E-state index in [0.29, 0.717) is 24.9 Å². The van der Waals surface area contributed by atoms with E-state index in [1.54, 1.807) is 23.1 Å². The molecule has 0 aliphatic heterocycles. The summed E-state index contributed by atoms with van der Waals surface area (Å²) in [7, 11) is 5.93. The molecule has 1 aromatic heterocycles. The maximum Gasteiger partial charge on any atom is 0.303 e. The summed E-state index contributed by atoms with van der Waals surface area (Å²) in [6.45, 7) is 0. The van der Waals surface area contributed by atoms with Crippen LogP contribution in [0.25, 0.3) is 0 Å². The lowest BCUT2D eigenvalue weighted by atomic mass is 9.80. The molecule has 1 heterocycles. The van der Waals surface area contributed by atoms with Crippen molar-refractivity contribution in [2.45, 2.75) is 54.8 Å². The van der Waals surface area contributed by atoms with Gasteiger partial charge in [-0.3, -0.25) is 4.79 Å². The molecule has 2 radical (unpaired) electrons. The van der Waals surface area contributed by atoms with E-state index in [9.17, 15) is 15.0 Å². The number of aliphatic carboxylic acids is 1. The second kappa shape index (κ2) is 13.0. The van der Waals surface area contributed by atoms with E-state index < -0.39 is 18.2 Å². The molecule has 158 valence electrons. The third-order valence-electron chi connectivity index (χ3n) is 5.21. The first-order chi connectivity index (χ1) is 13.9. The first kappa shape index (κ1) is 24.7. The Bertz CT molecular complexity index is 694. The summed E-state index contributed by atoms with van der Waals surface area (Å²) in [5, 5.41) is 31.5. The Kier molecular flexibility index (Phi) is 11.1. The zero-order valence-corrected chi connectivity index (χ0v) is 19.5. The van der Waals surface area contributed by atoms with Crippen LogP contribution in [0.1, 0.15) is 32.1 Å². The van der Waals surface area contributed by atoms with Gasteiger partial charge in [0, 0.05) is 22.0 Å². The van der Waals surface area contributed by atoms with Gasteiger partial charge in [0.2, 0.25) is 0 Å². The summed E-state index contributed by atoms with van der Waals surface area (Å²) in [4.78, 5) is 10.6. The van der Waals surface area contributed by atoms with Gasteiger partial charge in [0.25, 0.3) is 0 Å². The minimum absolute atomic E-state index is 0.0728. The van der Waals surface area contributed by atoms with E-state index in [4.69, 9.17) is 13.0 Å². The van der Waals surface area contributed by atoms with Crippen LogP contribution >= 0.6 is 39.0 Å². The van der Waals surface area contributed by atoms with Crippen LogP contribution in [0, 0.1) is 17.8 Å². The molecule has 4 nitrogen and oxygen atoms in total. The molecule has 0 spiro atoms. The molecule has 1 aromatic rings. The first-order valence-corrected chi connectivity index (χ1v) is 12.5. The second-order valence-corrected chi connectivity index (χ2v) is 10.5. The molecule has 29 heavy (non-hydrogen) atoms. The van der Waals surface area contributed by atoms with Crippen molar-refractivity contribution >= 4 is 52.8 Å². The van der Waals surface area contributed by atoms with Crippen molar-refractivity contribution in [1.29, 1.82) is 0 Å². The fourth-order valence-corrected chi connectivity index (χ4v) is 6.29. The van der Waals surface area contributed by atoms with Gasteiger partial charge in [-0.1, -0.05) is 30.6 Å². The Balaban J connectivity index is 1.86. The van der Waals surface area contributed by atoms with Gasteiger partial charge in [-0.05, 0) is 65.4 Å². The molecule has 0 saturated heterocycles. The van der Waals surface area contributed by atoms with E-state index in [0.717, 1.165) is 21.5 Å². The second-order valence-electron chi connectivity index (χ2n) is 7.38. The molecule has 0 amide bonds. The minimum atomic E-state index is -0.774. The van der Waals surface area contributed by atoms with Crippen molar-refractivity contribution in [2.24, 2.45) is 17.8 Å². The quantitative estimate of drug-likeness (QED) is 0.165. The van der Waals surface area contributed by atoms with Gasteiger partial charge in [0.15, 0.2) is 0 Å². The molecule has 1 unspecified atom stereocenters. The maximum atomic E-state index is 10.6. The lowest BCUT2D eigenvalue weighted by molar-refractivity contribution is -0.137. The average molecular weight is 499 g/mol. The third kappa shape index (κ3) is 8.62. The van der Waals surface area contributed by atoms with Crippen LogP contribution in [-0.2, 0) is 4.79 Å². The molecule has 1 aliphatic rings. The van der Waals surface area contributed by atoms with Crippen molar-refractivity contribution < 1.29 is 20.1 Å². The van der Waals surface area contributed by atoms with E-state index in [2.05, 4.69) is 15.9 Å². The monoisotopic (exact) mass is 498 g/mol. The summed E-state index contributed by atoms with van der Waals surface area (Å²) < 4.78 is 2.21. The summed E-state index contributed by atoms with van der Waals surface area (Å²) in [5.41, 5.74) is 0. The van der Waals surface area contributed by atoms with Crippen molar-refractivity contribution in [3.05, 3.63) is 40.2 Å². The smallest absolute Gasteiger partial charge is 0.303 e. The van der Waals surface area contributed by atoms with Crippen LogP contribution in [0.15, 0.2) is 44.4 Å². The Labute approximate surface area is 191 Å². The van der Waals surface area contributed by atoms with E-state index in [-0.39, 0.29) is 24.2 Å². The number of carbonyl (C=O) groups is 1. The van der Waals surface area contributed by atoms with Gasteiger partial charge in [-0.15, -0.1) is 23.1 Å². The molecular formula is C21H28BBrO4S2. The van der Waals surface area contributed by atoms with Crippen LogP contribution in [0.5, 0.6) is 0 Å². The highest BCUT2D eigenvalue weighted by atomic mass is 79.9. The first-order valence-electron chi connectivity index (χ1n) is 9.88. The fraction of sp³-hybridized carbons (Fsp3) is 0.571. The lowest BCUT2D eigenvalue weighted by Crippen LogP contribution is -2.19. The zero-order chi connectivity index (χ0) is 21.2. The van der Waals surface area contributed by atoms with E-state index in [1.807, 2.05) is 35.8 Å². The number of hydrogen-bond donors (Lipinski definition) is 3. The van der Waals surface area contributed by atoms with Crippen molar-refractivity contribution in [2.75, 3.05) is 5.75 Å². The molecule has 0 bridgehead atoms. The number of hydrogen-bond acceptors (Lipinski definition) is 5. The number of aliphatic hydroxyl groups is 2. The predicted octanol–water partition coefficient (Wildman–Crippen LogP) is 4.92. The molecule has 1 saturated carbocycles. The summed E-state index contributed by atoms with van der Waals surface area (Å²) >= 11 is 6.71. The normalized spacial score (nSPS) is 25.9. The summed E-state index contributed by atoms with van der Waals surface area (Å²) in [6.07, 6.45) is 10.4. The number of allylic oxidation sites excluding steroid dienone is 3. The molecule has 3 N–H and O–H groups in total. The molecule has 5 atom stereocenters. The summed E-state index contributed by atoms with van der Waals surface area (Å²) in [6, 6.07) is 2.04. The highest BCUT2D eigenvalue weighted by molar-refractivity contribution is 9.10. The van der Waals surface area contributed by atoms with Gasteiger partial charge in [-0.2, -0.15) is 0 Å². The zero-order valence-electron chi connectivity index (χ0n) is 16.3. The Hall–Kier alpha value is -0.535. The largest absolute Gasteiger partial charge is 0.481 e. The molecule has 2 rings (SSSR count). The Morgan fingerprint density at radius 2 is 2.24 bits per heavy atom. The van der Waals surface area contributed by atoms with Crippen LogP contribution < -0.4 is 0 Å². The van der Waals surface area contributed by atoms with Gasteiger partial charge in [0.1, 0.15) is 0 Å². The number of thioether (sulfide) groups is 1. The van der Waals surface area contributed by atoms with Gasteiger partial charge >= 0.3 is 5.97 Å². The van der Waals surface area contributed by atoms with Crippen LogP contribution in [-0.4, -0.2) is 47.1 Å². The molecule has 1 fully saturated rings. The van der Waals surface area contributed by atoms with Gasteiger partial charge < -0.3 is 15.3 Å². The number of aliphatic hydroxyl groups excluding tert-OH is 2. The number of thiophene rings is 1. The molecule has 8 heteroatoms. The average Bonchev–Trinajstić information content (AvgIpc) is 3.23. The van der Waals surface area contributed by atoms with Gasteiger partial charge in [0.05, 0.1) is 24.3 Å². The number of halogens is 1. The SMILES string of the molecule is [B]C[C@@H]1CC(O)[C@H](CC=CCCCC(=O)O)[C@H]1C=C[C@@H](O)CSc1cc(Br)cs1. The minimum Gasteiger partial charge on any atom is -0.481 e. The molecular weight excluding hydrogens is 471 g/mol. The fourth-order valence-electron chi connectivity index (χ4n) is 3.71. The predicted molar refractivity (Wildman–Crippen MR) is 125 cm³/mol. The Morgan fingerprint density at radius 1 is 1.45 bits per heavy atom. The number of carboxylic acid groups (broad SMARTS) is 1. The standard InChI is InChI=1S/C21H28BBrO4S2/c22-11-14-9-19(25)18(5-3-1-2-4-6-20(26)27)17(14)8-7-16(24)13-29-21-10-15(23)12-28-21/h1,3,7-8,10,12,14,16-19,24-25H,2,4-6,9,11,13H2,(H,26,27)/t14-,16+,17-,18+,19?/m0/s1. The highest BCUT2D eigenvalue weighted by Gasteiger charge is 2.39. The van der Waals surface area contributed by atoms with Crippen LogP contribution in [0.2, 0.25) is 6.32 Å².